The maximum atomic E-state index is 5.19. The van der Waals surface area contributed by atoms with Crippen LogP contribution in [0.25, 0.3) is 88.9 Å². The minimum Gasteiger partial charge on any atom is -0.359 e. The Hall–Kier alpha value is -6.72. The van der Waals surface area contributed by atoms with Gasteiger partial charge >= 0.3 is 0 Å². The predicted octanol–water partition coefficient (Wildman–Crippen LogP) is 11.0. The van der Waals surface area contributed by atoms with E-state index >= 15 is 0 Å². The number of fused-ring (bicyclic) bond motifs is 6. The van der Waals surface area contributed by atoms with E-state index < -0.39 is 0 Å². The van der Waals surface area contributed by atoms with Crippen LogP contribution in [0.5, 0.6) is 0 Å². The predicted molar refractivity (Wildman–Crippen MR) is 201 cm³/mol. The van der Waals surface area contributed by atoms with Crippen LogP contribution < -0.4 is 0 Å². The third kappa shape index (κ3) is 4.33. The summed E-state index contributed by atoms with van der Waals surface area (Å²) in [4.78, 5) is 13.6. The maximum Gasteiger partial charge on any atom is 0.159 e. The summed E-state index contributed by atoms with van der Waals surface area (Å²) in [5.74, 6) is 0.702. The first kappa shape index (κ1) is 27.4. The Labute approximate surface area is 282 Å². The highest BCUT2D eigenvalue weighted by atomic mass is 15.0. The molecule has 4 aromatic heterocycles. The van der Waals surface area contributed by atoms with E-state index in [9.17, 15) is 0 Å². The molecule has 0 saturated carbocycles. The molecule has 10 aromatic rings. The molecule has 0 amide bonds. The van der Waals surface area contributed by atoms with Crippen LogP contribution in [0.1, 0.15) is 0 Å². The Kier molecular flexibility index (Phi) is 6.11. The summed E-state index contributed by atoms with van der Waals surface area (Å²) in [7, 11) is 0. The summed E-state index contributed by atoms with van der Waals surface area (Å²) >= 11 is 0. The van der Waals surface area contributed by atoms with E-state index in [4.69, 9.17) is 9.97 Å². The van der Waals surface area contributed by atoms with Crippen LogP contribution in [0.15, 0.2) is 170 Å². The summed E-state index contributed by atoms with van der Waals surface area (Å²) in [5, 5.41) is 3.62. The Bertz CT molecular complexity index is 2810. The second kappa shape index (κ2) is 10.9. The van der Waals surface area contributed by atoms with Crippen molar-refractivity contribution in [3.63, 3.8) is 0 Å². The van der Waals surface area contributed by atoms with E-state index in [0.29, 0.717) is 5.82 Å². The van der Waals surface area contributed by atoms with Gasteiger partial charge in [0.2, 0.25) is 0 Å². The molecule has 0 aliphatic heterocycles. The van der Waals surface area contributed by atoms with E-state index in [1.54, 1.807) is 0 Å². The number of benzene rings is 6. The van der Waals surface area contributed by atoms with Crippen molar-refractivity contribution < 1.29 is 0 Å². The van der Waals surface area contributed by atoms with Gasteiger partial charge in [0.15, 0.2) is 5.82 Å². The molecule has 0 unspecified atom stereocenters. The lowest BCUT2D eigenvalue weighted by molar-refractivity contribution is 1.09. The van der Waals surface area contributed by atoms with Gasteiger partial charge in [-0.15, -0.1) is 0 Å². The first-order valence-corrected chi connectivity index (χ1v) is 16.5. The number of nitrogens with one attached hydrogen (secondary N) is 1. The topological polar surface area (TPSA) is 51.4 Å². The Morgan fingerprint density at radius 1 is 0.449 bits per heavy atom. The molecule has 0 fully saturated rings. The molecule has 4 heterocycles. The maximum absolute atomic E-state index is 5.19. The number of hydrogen-bond acceptors (Lipinski definition) is 2. The van der Waals surface area contributed by atoms with Crippen molar-refractivity contribution in [1.29, 1.82) is 0 Å². The zero-order valence-corrected chi connectivity index (χ0v) is 26.5. The van der Waals surface area contributed by atoms with Gasteiger partial charge < -0.3 is 14.1 Å². The molecule has 0 spiro atoms. The molecule has 0 saturated heterocycles. The molecule has 5 heteroatoms. The molecule has 1 N–H and O–H groups in total. The third-order valence-electron chi connectivity index (χ3n) is 9.58. The van der Waals surface area contributed by atoms with Crippen molar-refractivity contribution in [2.75, 3.05) is 0 Å². The van der Waals surface area contributed by atoms with Gasteiger partial charge in [-0.2, -0.15) is 0 Å². The number of aromatic amines is 1. The smallest absolute Gasteiger partial charge is 0.159 e. The van der Waals surface area contributed by atoms with Crippen molar-refractivity contribution in [3.05, 3.63) is 170 Å². The van der Waals surface area contributed by atoms with Gasteiger partial charge in [0.05, 0.1) is 45.2 Å². The van der Waals surface area contributed by atoms with Crippen LogP contribution in [0.4, 0.5) is 0 Å². The number of nitrogens with zero attached hydrogens (tertiary/aromatic N) is 4. The van der Waals surface area contributed by atoms with Crippen LogP contribution in [-0.2, 0) is 0 Å². The number of aromatic nitrogens is 5. The minimum atomic E-state index is 0.702. The summed E-state index contributed by atoms with van der Waals surface area (Å²) in [5.41, 5.74) is 13.0. The number of rotatable bonds is 5. The van der Waals surface area contributed by atoms with E-state index in [1.807, 2.05) is 36.7 Å². The van der Waals surface area contributed by atoms with Crippen molar-refractivity contribution in [3.8, 4) is 45.1 Å². The molecule has 0 radical (unpaired) electrons. The molecule has 6 aromatic carbocycles. The van der Waals surface area contributed by atoms with Crippen LogP contribution >= 0.6 is 0 Å². The van der Waals surface area contributed by atoms with Gasteiger partial charge in [-0.05, 0) is 53.6 Å². The van der Waals surface area contributed by atoms with E-state index in [-0.39, 0.29) is 0 Å². The van der Waals surface area contributed by atoms with Crippen LogP contribution in [0, 0.1) is 0 Å². The highest BCUT2D eigenvalue weighted by molar-refractivity contribution is 6.12. The van der Waals surface area contributed by atoms with E-state index in [2.05, 4.69) is 148 Å². The van der Waals surface area contributed by atoms with Crippen molar-refractivity contribution >= 4 is 43.7 Å². The first-order chi connectivity index (χ1) is 24.3. The van der Waals surface area contributed by atoms with Crippen molar-refractivity contribution in [2.45, 2.75) is 0 Å². The van der Waals surface area contributed by atoms with Crippen molar-refractivity contribution in [1.82, 2.24) is 24.1 Å². The number of hydrogen-bond donors (Lipinski definition) is 1. The van der Waals surface area contributed by atoms with Gasteiger partial charge in [-0.3, -0.25) is 0 Å². The molecule has 0 atom stereocenters. The highest BCUT2D eigenvalue weighted by Crippen LogP contribution is 2.39. The highest BCUT2D eigenvalue weighted by Gasteiger charge is 2.20. The zero-order valence-electron chi connectivity index (χ0n) is 26.5. The fraction of sp³-hybridized carbons (Fsp3) is 0. The standard InChI is InChI=1S/C44H29N5/c1-4-12-29(13-5-1)42-41(28-46-44(47-42)30-14-6-2-7-15-30)49-39-24-25-45-43(39)35-22-20-32(27-40(35)49)31-21-23-38-36(26-31)34-18-10-11-19-37(34)48(38)33-16-8-3-9-17-33/h1-28,45H. The number of H-pyrrole nitrogens is 1. The van der Waals surface area contributed by atoms with E-state index in [1.165, 1.54) is 27.4 Å². The lowest BCUT2D eigenvalue weighted by Crippen LogP contribution is -2.02. The lowest BCUT2D eigenvalue weighted by atomic mass is 10.0. The van der Waals surface area contributed by atoms with Crippen LogP contribution in [0.2, 0.25) is 0 Å². The second-order valence-electron chi connectivity index (χ2n) is 12.4. The molecule has 0 aliphatic rings. The molecule has 5 nitrogen and oxygen atoms in total. The second-order valence-corrected chi connectivity index (χ2v) is 12.4. The van der Waals surface area contributed by atoms with Gasteiger partial charge in [0.25, 0.3) is 0 Å². The lowest BCUT2D eigenvalue weighted by Gasteiger charge is -2.14. The van der Waals surface area contributed by atoms with Crippen molar-refractivity contribution in [2.24, 2.45) is 0 Å². The Balaban J connectivity index is 1.19. The summed E-state index contributed by atoms with van der Waals surface area (Å²) < 4.78 is 4.66. The quantitative estimate of drug-likeness (QED) is 0.206. The third-order valence-corrected chi connectivity index (χ3v) is 9.58. The first-order valence-electron chi connectivity index (χ1n) is 16.5. The monoisotopic (exact) mass is 627 g/mol. The normalized spacial score (nSPS) is 11.7. The molecular weight excluding hydrogens is 599 g/mol. The fourth-order valence-electron chi connectivity index (χ4n) is 7.34. The van der Waals surface area contributed by atoms with Gasteiger partial charge in [0, 0.05) is 39.2 Å². The average Bonchev–Trinajstić information content (AvgIpc) is 3.87. The molecule has 0 bridgehead atoms. The Morgan fingerprint density at radius 2 is 1.12 bits per heavy atom. The van der Waals surface area contributed by atoms with Crippen LogP contribution in [0.3, 0.4) is 0 Å². The Morgan fingerprint density at radius 3 is 1.94 bits per heavy atom. The number of para-hydroxylation sites is 2. The molecular formula is C44H29N5. The molecule has 0 aliphatic carbocycles. The SMILES string of the molecule is c1ccc(-c2ncc(-n3c4cc(-c5ccc6c(c5)c5ccccc5n6-c5ccccc5)ccc4c4[nH]ccc43)c(-c3ccccc3)n2)cc1. The molecule has 230 valence electrons. The molecule has 49 heavy (non-hydrogen) atoms. The van der Waals surface area contributed by atoms with Gasteiger partial charge in [-0.25, -0.2) is 9.97 Å². The fourth-order valence-corrected chi connectivity index (χ4v) is 7.34. The summed E-state index contributed by atoms with van der Waals surface area (Å²) in [6, 6.07) is 55.6. The van der Waals surface area contributed by atoms with E-state index in [0.717, 1.165) is 55.7 Å². The van der Waals surface area contributed by atoms with Gasteiger partial charge in [0.1, 0.15) is 0 Å². The largest absolute Gasteiger partial charge is 0.359 e. The summed E-state index contributed by atoms with van der Waals surface area (Å²) in [6.45, 7) is 0. The average molecular weight is 628 g/mol. The van der Waals surface area contributed by atoms with Gasteiger partial charge in [-0.1, -0.05) is 115 Å². The summed E-state index contributed by atoms with van der Waals surface area (Å²) in [6.07, 6.45) is 3.98. The minimum absolute atomic E-state index is 0.702. The molecule has 10 rings (SSSR count). The zero-order chi connectivity index (χ0) is 32.3. The van der Waals surface area contributed by atoms with Crippen LogP contribution in [-0.4, -0.2) is 24.1 Å².